The van der Waals surface area contributed by atoms with Crippen LogP contribution in [0.3, 0.4) is 0 Å². The summed E-state index contributed by atoms with van der Waals surface area (Å²) in [5.74, 6) is 1.25. The fourth-order valence-corrected chi connectivity index (χ4v) is 0.945. The van der Waals surface area contributed by atoms with Crippen molar-refractivity contribution < 1.29 is 9.47 Å². The van der Waals surface area contributed by atoms with E-state index in [9.17, 15) is 0 Å². The van der Waals surface area contributed by atoms with Crippen molar-refractivity contribution in [1.82, 2.24) is 4.98 Å². The third-order valence-corrected chi connectivity index (χ3v) is 1.52. The van der Waals surface area contributed by atoms with Crippen LogP contribution in [0.4, 0.5) is 0 Å². The molecule has 0 aliphatic carbocycles. The predicted molar refractivity (Wildman–Crippen MR) is 38.3 cm³/mol. The molecule has 4 nitrogen and oxygen atoms in total. The maximum Gasteiger partial charge on any atom is 0.260 e. The molecule has 0 spiro atoms. The highest BCUT2D eigenvalue weighted by atomic mass is 16.7. The molecule has 58 valence electrons. The standard InChI is InChI=1S/C7H8N2O2/c8-2-5-1-6-7(9-3-5)11-4-10-6/h1,3H,2,4,8H2. The van der Waals surface area contributed by atoms with Gasteiger partial charge in [-0.3, -0.25) is 0 Å². The summed E-state index contributed by atoms with van der Waals surface area (Å²) in [5.41, 5.74) is 6.36. The molecule has 11 heavy (non-hydrogen) atoms. The molecule has 1 aromatic heterocycles. The van der Waals surface area contributed by atoms with Gasteiger partial charge in [0.15, 0.2) is 5.75 Å². The Morgan fingerprint density at radius 3 is 3.27 bits per heavy atom. The van der Waals surface area contributed by atoms with Gasteiger partial charge < -0.3 is 15.2 Å². The van der Waals surface area contributed by atoms with Crippen LogP contribution in [-0.2, 0) is 6.54 Å². The van der Waals surface area contributed by atoms with E-state index < -0.39 is 0 Å². The number of pyridine rings is 1. The second-order valence-corrected chi connectivity index (χ2v) is 2.26. The van der Waals surface area contributed by atoms with Crippen LogP contribution in [0.25, 0.3) is 0 Å². The lowest BCUT2D eigenvalue weighted by Gasteiger charge is -1.96. The van der Waals surface area contributed by atoms with Crippen LogP contribution < -0.4 is 15.2 Å². The van der Waals surface area contributed by atoms with Crippen molar-refractivity contribution in [3.05, 3.63) is 17.8 Å². The monoisotopic (exact) mass is 152 g/mol. The number of hydrogen-bond acceptors (Lipinski definition) is 4. The molecule has 1 aliphatic heterocycles. The molecule has 0 amide bonds. The lowest BCUT2D eigenvalue weighted by molar-refractivity contribution is 0.171. The minimum Gasteiger partial charge on any atom is -0.452 e. The van der Waals surface area contributed by atoms with E-state index in [0.29, 0.717) is 18.2 Å². The van der Waals surface area contributed by atoms with Gasteiger partial charge in [-0.05, 0) is 11.6 Å². The van der Waals surface area contributed by atoms with E-state index in [1.54, 1.807) is 6.20 Å². The molecular weight excluding hydrogens is 144 g/mol. The van der Waals surface area contributed by atoms with Crippen LogP contribution in [0.2, 0.25) is 0 Å². The quantitative estimate of drug-likeness (QED) is 0.627. The summed E-state index contributed by atoms with van der Waals surface area (Å²) < 4.78 is 10.1. The summed E-state index contributed by atoms with van der Waals surface area (Å²) >= 11 is 0. The summed E-state index contributed by atoms with van der Waals surface area (Å²) in [5, 5.41) is 0. The van der Waals surface area contributed by atoms with E-state index in [4.69, 9.17) is 15.2 Å². The van der Waals surface area contributed by atoms with Crippen molar-refractivity contribution in [3.63, 3.8) is 0 Å². The highest BCUT2D eigenvalue weighted by Crippen LogP contribution is 2.29. The molecule has 2 rings (SSSR count). The minimum absolute atomic E-state index is 0.260. The molecule has 0 aromatic carbocycles. The molecule has 0 fully saturated rings. The molecule has 0 saturated carbocycles. The summed E-state index contributed by atoms with van der Waals surface area (Å²) in [4.78, 5) is 4.00. The number of hydrogen-bond donors (Lipinski definition) is 1. The Bertz CT molecular complexity index is 275. The van der Waals surface area contributed by atoms with E-state index >= 15 is 0 Å². The molecule has 0 saturated heterocycles. The molecule has 0 atom stereocenters. The number of ether oxygens (including phenoxy) is 2. The van der Waals surface area contributed by atoms with Crippen molar-refractivity contribution in [2.24, 2.45) is 5.73 Å². The Kier molecular flexibility index (Phi) is 1.40. The largest absolute Gasteiger partial charge is 0.452 e. The average molecular weight is 152 g/mol. The molecule has 1 aromatic rings. The average Bonchev–Trinajstić information content (AvgIpc) is 2.50. The predicted octanol–water partition coefficient (Wildman–Crippen LogP) is 0.269. The van der Waals surface area contributed by atoms with Crippen molar-refractivity contribution in [2.75, 3.05) is 6.79 Å². The first-order chi connectivity index (χ1) is 5.40. The number of nitrogens with zero attached hydrogens (tertiary/aromatic N) is 1. The summed E-state index contributed by atoms with van der Waals surface area (Å²) in [7, 11) is 0. The molecule has 2 N–H and O–H groups in total. The smallest absolute Gasteiger partial charge is 0.260 e. The van der Waals surface area contributed by atoms with Crippen LogP contribution >= 0.6 is 0 Å². The third kappa shape index (κ3) is 1.01. The van der Waals surface area contributed by atoms with Gasteiger partial charge in [-0.15, -0.1) is 0 Å². The second-order valence-electron chi connectivity index (χ2n) is 2.26. The van der Waals surface area contributed by atoms with E-state index in [1.807, 2.05) is 6.07 Å². The van der Waals surface area contributed by atoms with Crippen molar-refractivity contribution >= 4 is 0 Å². The van der Waals surface area contributed by atoms with Crippen LogP contribution in [-0.4, -0.2) is 11.8 Å². The Hall–Kier alpha value is -1.29. The van der Waals surface area contributed by atoms with Gasteiger partial charge in [-0.25, -0.2) is 4.98 Å². The van der Waals surface area contributed by atoms with E-state index in [0.717, 1.165) is 5.56 Å². The van der Waals surface area contributed by atoms with E-state index in [1.165, 1.54) is 0 Å². The summed E-state index contributed by atoms with van der Waals surface area (Å²) in [6.45, 7) is 0.736. The summed E-state index contributed by atoms with van der Waals surface area (Å²) in [6, 6.07) is 1.84. The molecule has 0 unspecified atom stereocenters. The van der Waals surface area contributed by atoms with Crippen molar-refractivity contribution in [2.45, 2.75) is 6.54 Å². The first-order valence-electron chi connectivity index (χ1n) is 3.35. The highest BCUT2D eigenvalue weighted by Gasteiger charge is 2.13. The number of rotatable bonds is 1. The molecule has 0 bridgehead atoms. The van der Waals surface area contributed by atoms with Crippen LogP contribution in [0.1, 0.15) is 5.56 Å². The number of aromatic nitrogens is 1. The molecule has 2 heterocycles. The molecule has 4 heteroatoms. The van der Waals surface area contributed by atoms with Gasteiger partial charge in [-0.1, -0.05) is 0 Å². The Morgan fingerprint density at radius 2 is 2.45 bits per heavy atom. The second kappa shape index (κ2) is 2.39. The first-order valence-corrected chi connectivity index (χ1v) is 3.35. The van der Waals surface area contributed by atoms with Gasteiger partial charge in [0.25, 0.3) is 5.88 Å². The number of fused-ring (bicyclic) bond motifs is 1. The maximum absolute atomic E-state index is 5.41. The summed E-state index contributed by atoms with van der Waals surface area (Å²) in [6.07, 6.45) is 1.69. The van der Waals surface area contributed by atoms with E-state index in [2.05, 4.69) is 4.98 Å². The van der Waals surface area contributed by atoms with Crippen LogP contribution in [0.15, 0.2) is 12.3 Å². The fraction of sp³-hybridized carbons (Fsp3) is 0.286. The van der Waals surface area contributed by atoms with E-state index in [-0.39, 0.29) is 6.79 Å². The van der Waals surface area contributed by atoms with Gasteiger partial charge >= 0.3 is 0 Å². The van der Waals surface area contributed by atoms with Gasteiger partial charge in [0.1, 0.15) is 0 Å². The Morgan fingerprint density at radius 1 is 1.55 bits per heavy atom. The maximum atomic E-state index is 5.41. The zero-order valence-electron chi connectivity index (χ0n) is 5.91. The van der Waals surface area contributed by atoms with Gasteiger partial charge in [-0.2, -0.15) is 0 Å². The van der Waals surface area contributed by atoms with Gasteiger partial charge in [0.05, 0.1) is 0 Å². The Balaban J connectivity index is 2.41. The zero-order valence-corrected chi connectivity index (χ0v) is 5.91. The highest BCUT2D eigenvalue weighted by molar-refractivity contribution is 5.37. The first kappa shape index (κ1) is 6.42. The number of nitrogens with two attached hydrogens (primary N) is 1. The zero-order chi connectivity index (χ0) is 7.68. The van der Waals surface area contributed by atoms with Crippen LogP contribution in [0, 0.1) is 0 Å². The lowest BCUT2D eigenvalue weighted by Crippen LogP contribution is -1.96. The SMILES string of the molecule is NCc1cnc2c(c1)OCO2. The molecular formula is C7H8N2O2. The molecule has 1 aliphatic rings. The minimum atomic E-state index is 0.260. The van der Waals surface area contributed by atoms with Gasteiger partial charge in [0.2, 0.25) is 6.79 Å². The lowest BCUT2D eigenvalue weighted by atomic mass is 10.3. The Labute approximate surface area is 63.9 Å². The third-order valence-electron chi connectivity index (χ3n) is 1.52. The fourth-order valence-electron chi connectivity index (χ4n) is 0.945. The van der Waals surface area contributed by atoms with Crippen molar-refractivity contribution in [1.29, 1.82) is 0 Å². The topological polar surface area (TPSA) is 57.4 Å². The van der Waals surface area contributed by atoms with Gasteiger partial charge in [0, 0.05) is 12.7 Å². The van der Waals surface area contributed by atoms with Crippen LogP contribution in [0.5, 0.6) is 11.6 Å². The normalized spacial score (nSPS) is 13.5. The molecule has 0 radical (unpaired) electrons. The van der Waals surface area contributed by atoms with Crippen molar-refractivity contribution in [3.8, 4) is 11.6 Å².